The molecular formula is C21H24N2O4. The van der Waals surface area contributed by atoms with Gasteiger partial charge >= 0.3 is 0 Å². The largest absolute Gasteiger partial charge is 0.472 e. The van der Waals surface area contributed by atoms with Gasteiger partial charge in [0.05, 0.1) is 30.5 Å². The normalized spacial score (nSPS) is 19.9. The molecule has 2 aliphatic rings. The van der Waals surface area contributed by atoms with Crippen molar-refractivity contribution in [2.24, 2.45) is 0 Å². The van der Waals surface area contributed by atoms with Gasteiger partial charge in [-0.25, -0.2) is 0 Å². The summed E-state index contributed by atoms with van der Waals surface area (Å²) in [4.78, 5) is 29.0. The molecule has 2 fully saturated rings. The Labute approximate surface area is 158 Å². The standard InChI is InChI=1S/C21H24N2O4/c24-19-14-21(27-13-11-23(19)15-17-4-2-1-3-5-17)7-9-22(10-8-21)20(25)18-6-12-26-16-18/h1-6,12,16H,7-11,13-15H2. The molecule has 0 N–H and O–H groups in total. The van der Waals surface area contributed by atoms with Gasteiger partial charge in [0, 0.05) is 26.2 Å². The Morgan fingerprint density at radius 2 is 1.85 bits per heavy atom. The first kappa shape index (κ1) is 17.8. The zero-order chi connectivity index (χ0) is 18.7. The topological polar surface area (TPSA) is 63.0 Å². The van der Waals surface area contributed by atoms with E-state index in [-0.39, 0.29) is 11.8 Å². The second-order valence-corrected chi connectivity index (χ2v) is 7.31. The van der Waals surface area contributed by atoms with Crippen LogP contribution in [-0.2, 0) is 16.1 Å². The number of hydrogen-bond acceptors (Lipinski definition) is 4. The SMILES string of the molecule is O=C1CC2(CCN(C(=O)c3ccoc3)CC2)OCCN1Cc1ccccc1. The first-order valence-corrected chi connectivity index (χ1v) is 9.42. The number of nitrogens with zero attached hydrogens (tertiary/aromatic N) is 2. The summed E-state index contributed by atoms with van der Waals surface area (Å²) in [5.74, 6) is 0.107. The Morgan fingerprint density at radius 1 is 1.07 bits per heavy atom. The van der Waals surface area contributed by atoms with Crippen molar-refractivity contribution in [2.45, 2.75) is 31.4 Å². The van der Waals surface area contributed by atoms with Crippen LogP contribution in [0.15, 0.2) is 53.3 Å². The van der Waals surface area contributed by atoms with Gasteiger partial charge in [0.15, 0.2) is 0 Å². The summed E-state index contributed by atoms with van der Waals surface area (Å²) in [6, 6.07) is 11.7. The van der Waals surface area contributed by atoms with Crippen molar-refractivity contribution in [2.75, 3.05) is 26.2 Å². The Hall–Kier alpha value is -2.60. The van der Waals surface area contributed by atoms with E-state index in [2.05, 4.69) is 0 Å². The Kier molecular flexibility index (Phi) is 4.99. The van der Waals surface area contributed by atoms with E-state index in [0.717, 1.165) is 5.56 Å². The highest BCUT2D eigenvalue weighted by Crippen LogP contribution is 2.33. The van der Waals surface area contributed by atoms with Gasteiger partial charge in [-0.1, -0.05) is 30.3 Å². The lowest BCUT2D eigenvalue weighted by atomic mass is 9.87. The fourth-order valence-corrected chi connectivity index (χ4v) is 3.91. The van der Waals surface area contributed by atoms with Gasteiger partial charge in [-0.15, -0.1) is 0 Å². The number of rotatable bonds is 3. The lowest BCUT2D eigenvalue weighted by molar-refractivity contribution is -0.135. The molecule has 0 bridgehead atoms. The molecule has 1 spiro atoms. The van der Waals surface area contributed by atoms with Crippen molar-refractivity contribution in [3.63, 3.8) is 0 Å². The average molecular weight is 368 g/mol. The van der Waals surface area contributed by atoms with Crippen molar-refractivity contribution >= 4 is 11.8 Å². The van der Waals surface area contributed by atoms with E-state index in [4.69, 9.17) is 9.15 Å². The van der Waals surface area contributed by atoms with E-state index in [1.54, 1.807) is 6.07 Å². The first-order valence-electron chi connectivity index (χ1n) is 9.42. The number of piperidine rings is 1. The number of ether oxygens (including phenoxy) is 1. The molecule has 6 nitrogen and oxygen atoms in total. The first-order chi connectivity index (χ1) is 13.2. The summed E-state index contributed by atoms with van der Waals surface area (Å²) in [5, 5.41) is 0. The minimum absolute atomic E-state index is 0.0238. The predicted octanol–water partition coefficient (Wildman–Crippen LogP) is 2.70. The van der Waals surface area contributed by atoms with Crippen LogP contribution in [0.1, 0.15) is 35.2 Å². The zero-order valence-electron chi connectivity index (χ0n) is 15.3. The molecule has 6 heteroatoms. The summed E-state index contributed by atoms with van der Waals surface area (Å²) in [6.45, 7) is 2.94. The third-order valence-electron chi connectivity index (χ3n) is 5.54. The molecule has 0 atom stereocenters. The third kappa shape index (κ3) is 3.90. The van der Waals surface area contributed by atoms with Crippen molar-refractivity contribution < 1.29 is 18.7 Å². The number of carbonyl (C=O) groups excluding carboxylic acids is 2. The van der Waals surface area contributed by atoms with E-state index in [0.29, 0.717) is 57.6 Å². The summed E-state index contributed by atoms with van der Waals surface area (Å²) in [5.41, 5.74) is 1.25. The van der Waals surface area contributed by atoms with E-state index in [1.165, 1.54) is 12.5 Å². The third-order valence-corrected chi connectivity index (χ3v) is 5.54. The van der Waals surface area contributed by atoms with Crippen molar-refractivity contribution in [3.05, 3.63) is 60.1 Å². The predicted molar refractivity (Wildman–Crippen MR) is 99.0 cm³/mol. The lowest BCUT2D eigenvalue weighted by Crippen LogP contribution is -2.49. The van der Waals surface area contributed by atoms with E-state index in [1.807, 2.05) is 40.1 Å². The highest BCUT2D eigenvalue weighted by molar-refractivity contribution is 5.93. The molecule has 2 aromatic rings. The summed E-state index contributed by atoms with van der Waals surface area (Å²) in [7, 11) is 0. The molecule has 1 aromatic heterocycles. The Balaban J connectivity index is 1.37. The average Bonchev–Trinajstić information content (AvgIpc) is 3.18. The van der Waals surface area contributed by atoms with E-state index >= 15 is 0 Å². The second-order valence-electron chi connectivity index (χ2n) is 7.31. The fourth-order valence-electron chi connectivity index (χ4n) is 3.91. The Morgan fingerprint density at radius 3 is 2.56 bits per heavy atom. The van der Waals surface area contributed by atoms with Gasteiger partial charge in [0.25, 0.3) is 5.91 Å². The minimum atomic E-state index is -0.449. The molecule has 0 aliphatic carbocycles. The van der Waals surface area contributed by atoms with Crippen LogP contribution in [0.5, 0.6) is 0 Å². The van der Waals surface area contributed by atoms with Crippen LogP contribution < -0.4 is 0 Å². The van der Waals surface area contributed by atoms with Crippen molar-refractivity contribution in [1.82, 2.24) is 9.80 Å². The molecule has 2 saturated heterocycles. The van der Waals surface area contributed by atoms with Crippen LogP contribution in [0.25, 0.3) is 0 Å². The highest BCUT2D eigenvalue weighted by atomic mass is 16.5. The van der Waals surface area contributed by atoms with Crippen molar-refractivity contribution in [1.29, 1.82) is 0 Å². The molecule has 0 unspecified atom stereocenters. The number of amides is 2. The van der Waals surface area contributed by atoms with Gasteiger partial charge in [-0.05, 0) is 24.5 Å². The van der Waals surface area contributed by atoms with Gasteiger partial charge in [-0.2, -0.15) is 0 Å². The van der Waals surface area contributed by atoms with E-state index in [9.17, 15) is 9.59 Å². The molecule has 2 amide bonds. The monoisotopic (exact) mass is 368 g/mol. The van der Waals surface area contributed by atoms with Crippen molar-refractivity contribution in [3.8, 4) is 0 Å². The van der Waals surface area contributed by atoms with Gasteiger partial charge < -0.3 is 19.0 Å². The lowest BCUT2D eigenvalue weighted by Gasteiger charge is -2.40. The maximum Gasteiger partial charge on any atom is 0.257 e. The fraction of sp³-hybridized carbons (Fsp3) is 0.429. The minimum Gasteiger partial charge on any atom is -0.472 e. The number of hydrogen-bond donors (Lipinski definition) is 0. The van der Waals surface area contributed by atoms with Gasteiger partial charge in [0.2, 0.25) is 5.91 Å². The quantitative estimate of drug-likeness (QED) is 0.836. The summed E-state index contributed by atoms with van der Waals surface area (Å²) < 4.78 is 11.2. The smallest absolute Gasteiger partial charge is 0.257 e. The van der Waals surface area contributed by atoms with Crippen LogP contribution >= 0.6 is 0 Å². The molecule has 27 heavy (non-hydrogen) atoms. The molecule has 0 radical (unpaired) electrons. The van der Waals surface area contributed by atoms with Crippen LogP contribution in [-0.4, -0.2) is 53.5 Å². The molecule has 2 aliphatic heterocycles. The summed E-state index contributed by atoms with van der Waals surface area (Å²) in [6.07, 6.45) is 4.73. The second kappa shape index (κ2) is 7.56. The molecular weight excluding hydrogens is 344 g/mol. The van der Waals surface area contributed by atoms with Gasteiger partial charge in [0.1, 0.15) is 6.26 Å². The summed E-state index contributed by atoms with van der Waals surface area (Å²) >= 11 is 0. The Bertz CT molecular complexity index is 780. The zero-order valence-corrected chi connectivity index (χ0v) is 15.3. The molecule has 4 rings (SSSR count). The number of furan rings is 1. The molecule has 0 saturated carbocycles. The number of likely N-dealkylation sites (tertiary alicyclic amines) is 1. The van der Waals surface area contributed by atoms with Gasteiger partial charge in [-0.3, -0.25) is 9.59 Å². The van der Waals surface area contributed by atoms with E-state index < -0.39 is 5.60 Å². The van der Waals surface area contributed by atoms with Crippen LogP contribution in [0.4, 0.5) is 0 Å². The highest BCUT2D eigenvalue weighted by Gasteiger charge is 2.41. The maximum absolute atomic E-state index is 12.8. The molecule has 1 aromatic carbocycles. The van der Waals surface area contributed by atoms with Crippen LogP contribution in [0, 0.1) is 0 Å². The van der Waals surface area contributed by atoms with Crippen LogP contribution in [0.3, 0.4) is 0 Å². The maximum atomic E-state index is 12.8. The molecule has 3 heterocycles. The van der Waals surface area contributed by atoms with Crippen LogP contribution in [0.2, 0.25) is 0 Å². The number of benzene rings is 1. The molecule has 142 valence electrons. The number of carbonyl (C=O) groups is 2.